The van der Waals surface area contributed by atoms with Gasteiger partial charge in [0.05, 0.1) is 19.1 Å². The molecule has 3 heterocycles. The number of nitrogens with zero attached hydrogens (tertiary/aromatic N) is 2. The van der Waals surface area contributed by atoms with E-state index in [1.54, 1.807) is 0 Å². The number of hydrogen-bond donors (Lipinski definition) is 1. The molecular weight excluding hydrogens is 326 g/mol. The van der Waals surface area contributed by atoms with E-state index in [4.69, 9.17) is 4.74 Å². The molecule has 1 amide bonds. The molecule has 1 aromatic rings. The highest BCUT2D eigenvalue weighted by Crippen LogP contribution is 2.30. The molecule has 4 rings (SSSR count). The molecule has 2 unspecified atom stereocenters. The average Bonchev–Trinajstić information content (AvgIpc) is 3.12. The van der Waals surface area contributed by atoms with Crippen LogP contribution in [0.25, 0.3) is 0 Å². The number of morpholine rings is 1. The fraction of sp³-hybridized carbons (Fsp3) is 0.667. The van der Waals surface area contributed by atoms with Crippen LogP contribution in [0.4, 0.5) is 0 Å². The van der Waals surface area contributed by atoms with Crippen LogP contribution in [0, 0.1) is 5.92 Å². The first-order valence-corrected chi connectivity index (χ1v) is 10.2. The SMILES string of the molecule is O=C(NCc1ccccc1CN1CCOCC1)C1CC2CCCCN2C1. The van der Waals surface area contributed by atoms with Crippen molar-refractivity contribution in [3.05, 3.63) is 35.4 Å². The Morgan fingerprint density at radius 1 is 1.12 bits per heavy atom. The lowest BCUT2D eigenvalue weighted by molar-refractivity contribution is -0.124. The normalized spacial score (nSPS) is 27.2. The number of piperidine rings is 1. The third-order valence-electron chi connectivity index (χ3n) is 6.20. The van der Waals surface area contributed by atoms with Crippen LogP contribution in [0.3, 0.4) is 0 Å². The molecule has 0 saturated carbocycles. The van der Waals surface area contributed by atoms with Crippen molar-refractivity contribution < 1.29 is 9.53 Å². The fourth-order valence-corrected chi connectivity index (χ4v) is 4.65. The summed E-state index contributed by atoms with van der Waals surface area (Å²) in [6, 6.07) is 9.14. The zero-order chi connectivity index (χ0) is 17.8. The van der Waals surface area contributed by atoms with Gasteiger partial charge in [0.2, 0.25) is 5.91 Å². The molecule has 5 heteroatoms. The van der Waals surface area contributed by atoms with Gasteiger partial charge in [-0.05, 0) is 36.9 Å². The summed E-state index contributed by atoms with van der Waals surface area (Å²) in [5.74, 6) is 0.407. The second kappa shape index (κ2) is 8.51. The molecule has 0 spiro atoms. The maximum atomic E-state index is 12.7. The van der Waals surface area contributed by atoms with Crippen LogP contribution in [0.1, 0.15) is 36.8 Å². The highest BCUT2D eigenvalue weighted by atomic mass is 16.5. The molecule has 2 atom stereocenters. The summed E-state index contributed by atoms with van der Waals surface area (Å²) in [6.45, 7) is 7.31. The Bertz CT molecular complexity index is 601. The monoisotopic (exact) mass is 357 g/mol. The highest BCUT2D eigenvalue weighted by molar-refractivity contribution is 5.79. The van der Waals surface area contributed by atoms with Crippen LogP contribution in [0.2, 0.25) is 0 Å². The number of carbonyl (C=O) groups excluding carboxylic acids is 1. The van der Waals surface area contributed by atoms with Crippen LogP contribution in [-0.2, 0) is 22.6 Å². The van der Waals surface area contributed by atoms with Gasteiger partial charge in [0.1, 0.15) is 0 Å². The molecule has 142 valence electrons. The first kappa shape index (κ1) is 18.0. The van der Waals surface area contributed by atoms with Crippen molar-refractivity contribution in [2.24, 2.45) is 5.92 Å². The van der Waals surface area contributed by atoms with Gasteiger partial charge in [-0.2, -0.15) is 0 Å². The number of benzene rings is 1. The number of ether oxygens (including phenoxy) is 1. The van der Waals surface area contributed by atoms with Crippen LogP contribution in [0.5, 0.6) is 0 Å². The lowest BCUT2D eigenvalue weighted by Crippen LogP contribution is -2.36. The number of carbonyl (C=O) groups is 1. The Morgan fingerprint density at radius 2 is 1.92 bits per heavy atom. The molecule has 1 aromatic carbocycles. The van der Waals surface area contributed by atoms with E-state index in [0.717, 1.165) is 45.8 Å². The average molecular weight is 357 g/mol. The van der Waals surface area contributed by atoms with Gasteiger partial charge in [-0.3, -0.25) is 14.6 Å². The van der Waals surface area contributed by atoms with Crippen molar-refractivity contribution in [1.29, 1.82) is 0 Å². The predicted molar refractivity (Wildman–Crippen MR) is 102 cm³/mol. The molecule has 0 aliphatic carbocycles. The van der Waals surface area contributed by atoms with E-state index in [0.29, 0.717) is 12.6 Å². The molecule has 3 saturated heterocycles. The Hall–Kier alpha value is -1.43. The fourth-order valence-electron chi connectivity index (χ4n) is 4.65. The smallest absolute Gasteiger partial charge is 0.224 e. The standard InChI is InChI=1S/C21H31N3O2/c25-21(19-13-20-7-3-4-8-24(20)16-19)22-14-17-5-1-2-6-18(17)15-23-9-11-26-12-10-23/h1-2,5-6,19-20H,3-4,7-16H2,(H,22,25). The maximum Gasteiger partial charge on any atom is 0.224 e. The van der Waals surface area contributed by atoms with E-state index in [2.05, 4.69) is 39.4 Å². The summed E-state index contributed by atoms with van der Waals surface area (Å²) in [5, 5.41) is 3.22. The van der Waals surface area contributed by atoms with E-state index >= 15 is 0 Å². The van der Waals surface area contributed by atoms with Gasteiger partial charge in [-0.1, -0.05) is 30.7 Å². The minimum Gasteiger partial charge on any atom is -0.379 e. The Balaban J connectivity index is 1.32. The number of fused-ring (bicyclic) bond motifs is 1. The third-order valence-corrected chi connectivity index (χ3v) is 6.20. The van der Waals surface area contributed by atoms with Crippen molar-refractivity contribution in [2.45, 2.75) is 44.8 Å². The minimum absolute atomic E-state index is 0.171. The summed E-state index contributed by atoms with van der Waals surface area (Å²) in [5.41, 5.74) is 2.56. The van der Waals surface area contributed by atoms with E-state index in [9.17, 15) is 4.79 Å². The lowest BCUT2D eigenvalue weighted by Gasteiger charge is -2.28. The van der Waals surface area contributed by atoms with Gasteiger partial charge < -0.3 is 10.1 Å². The Labute approximate surface area is 156 Å². The van der Waals surface area contributed by atoms with E-state index in [-0.39, 0.29) is 11.8 Å². The summed E-state index contributed by atoms with van der Waals surface area (Å²) >= 11 is 0. The third kappa shape index (κ3) is 4.27. The summed E-state index contributed by atoms with van der Waals surface area (Å²) in [6.07, 6.45) is 4.93. The van der Waals surface area contributed by atoms with E-state index in [1.807, 2.05) is 0 Å². The van der Waals surface area contributed by atoms with Crippen molar-refractivity contribution in [1.82, 2.24) is 15.1 Å². The summed E-state index contributed by atoms with van der Waals surface area (Å²) < 4.78 is 5.44. The van der Waals surface area contributed by atoms with Gasteiger partial charge in [0.25, 0.3) is 0 Å². The number of hydrogen-bond acceptors (Lipinski definition) is 4. The van der Waals surface area contributed by atoms with Gasteiger partial charge in [-0.25, -0.2) is 0 Å². The molecule has 5 nitrogen and oxygen atoms in total. The van der Waals surface area contributed by atoms with Gasteiger partial charge in [0.15, 0.2) is 0 Å². The highest BCUT2D eigenvalue weighted by Gasteiger charge is 2.36. The van der Waals surface area contributed by atoms with E-state index in [1.165, 1.54) is 36.9 Å². The lowest BCUT2D eigenvalue weighted by atomic mass is 9.99. The number of amides is 1. The molecule has 3 fully saturated rings. The largest absolute Gasteiger partial charge is 0.379 e. The topological polar surface area (TPSA) is 44.8 Å². The van der Waals surface area contributed by atoms with Gasteiger partial charge >= 0.3 is 0 Å². The molecule has 1 N–H and O–H groups in total. The number of rotatable bonds is 5. The van der Waals surface area contributed by atoms with Crippen molar-refractivity contribution >= 4 is 5.91 Å². The second-order valence-electron chi connectivity index (χ2n) is 7.95. The van der Waals surface area contributed by atoms with Gasteiger partial charge in [0, 0.05) is 38.8 Å². The van der Waals surface area contributed by atoms with Crippen LogP contribution in [-0.4, -0.2) is 61.1 Å². The Kier molecular flexibility index (Phi) is 5.88. The minimum atomic E-state index is 0.171. The molecule has 0 aromatic heterocycles. The second-order valence-corrected chi connectivity index (χ2v) is 7.95. The quantitative estimate of drug-likeness (QED) is 0.876. The number of nitrogens with one attached hydrogen (secondary N) is 1. The first-order chi connectivity index (χ1) is 12.8. The molecule has 0 bridgehead atoms. The van der Waals surface area contributed by atoms with Gasteiger partial charge in [-0.15, -0.1) is 0 Å². The van der Waals surface area contributed by atoms with Crippen molar-refractivity contribution in [3.8, 4) is 0 Å². The van der Waals surface area contributed by atoms with Crippen LogP contribution in [0.15, 0.2) is 24.3 Å². The van der Waals surface area contributed by atoms with Crippen LogP contribution < -0.4 is 5.32 Å². The molecule has 26 heavy (non-hydrogen) atoms. The van der Waals surface area contributed by atoms with Crippen molar-refractivity contribution in [3.63, 3.8) is 0 Å². The zero-order valence-electron chi connectivity index (χ0n) is 15.7. The predicted octanol–water partition coefficient (Wildman–Crippen LogP) is 2.01. The molecule has 3 aliphatic rings. The van der Waals surface area contributed by atoms with Crippen molar-refractivity contribution in [2.75, 3.05) is 39.4 Å². The summed E-state index contributed by atoms with van der Waals surface area (Å²) in [4.78, 5) is 17.7. The molecule has 3 aliphatic heterocycles. The molecule has 0 radical (unpaired) electrons. The molecular formula is C21H31N3O2. The zero-order valence-corrected chi connectivity index (χ0v) is 15.7. The van der Waals surface area contributed by atoms with E-state index < -0.39 is 0 Å². The first-order valence-electron chi connectivity index (χ1n) is 10.2. The maximum absolute atomic E-state index is 12.7. The van der Waals surface area contributed by atoms with Crippen LogP contribution >= 0.6 is 0 Å². The Morgan fingerprint density at radius 3 is 2.73 bits per heavy atom. The summed E-state index contributed by atoms with van der Waals surface area (Å²) in [7, 11) is 0.